The van der Waals surface area contributed by atoms with E-state index in [1.54, 1.807) is 12.5 Å². The number of hydrogen-bond donors (Lipinski definition) is 0. The summed E-state index contributed by atoms with van der Waals surface area (Å²) in [5.41, 5.74) is 0. The summed E-state index contributed by atoms with van der Waals surface area (Å²) in [6.07, 6.45) is 3.25. The quantitative estimate of drug-likeness (QED) is 0.646. The number of furan rings is 1. The Kier molecular flexibility index (Phi) is 39.9. The summed E-state index contributed by atoms with van der Waals surface area (Å²) in [6.45, 7) is 0. The van der Waals surface area contributed by atoms with Crippen LogP contribution in [-0.4, -0.2) is 0 Å². The standard InChI is InChI=1S/C4H4O.4ClH/c1-2-4-5-3-1;;;;/h1-4H;4*1H. The monoisotopic (exact) mass is 212 g/mol. The average molecular weight is 214 g/mol. The molecule has 0 aliphatic heterocycles. The van der Waals surface area contributed by atoms with Gasteiger partial charge in [-0.05, 0) is 12.1 Å². The Balaban J connectivity index is -0.0000000312. The van der Waals surface area contributed by atoms with E-state index in [-0.39, 0.29) is 49.6 Å². The second-order valence-corrected chi connectivity index (χ2v) is 0.793. The van der Waals surface area contributed by atoms with Crippen LogP contribution in [0, 0.1) is 0 Å². The van der Waals surface area contributed by atoms with Crippen molar-refractivity contribution in [2.45, 2.75) is 0 Å². The fourth-order valence-corrected chi connectivity index (χ4v) is 0.227. The first-order valence-electron chi connectivity index (χ1n) is 1.47. The van der Waals surface area contributed by atoms with E-state index in [0.717, 1.165) is 0 Å². The van der Waals surface area contributed by atoms with E-state index in [9.17, 15) is 0 Å². The topological polar surface area (TPSA) is 13.1 Å². The fourth-order valence-electron chi connectivity index (χ4n) is 0.227. The molecule has 0 bridgehead atoms. The van der Waals surface area contributed by atoms with Crippen LogP contribution in [0.5, 0.6) is 0 Å². The van der Waals surface area contributed by atoms with Gasteiger partial charge in [-0.2, -0.15) is 0 Å². The Hall–Kier alpha value is 0.440. The molecule has 1 nitrogen and oxygen atoms in total. The molecule has 0 aliphatic carbocycles. The molecule has 1 heterocycles. The molecule has 1 rings (SSSR count). The second kappa shape index (κ2) is 15.8. The Morgan fingerprint density at radius 2 is 1.00 bits per heavy atom. The molecule has 0 unspecified atom stereocenters. The Morgan fingerprint density at radius 3 is 1.11 bits per heavy atom. The van der Waals surface area contributed by atoms with E-state index >= 15 is 0 Å². The van der Waals surface area contributed by atoms with Crippen LogP contribution in [0.3, 0.4) is 0 Å². The highest BCUT2D eigenvalue weighted by Crippen LogP contribution is 1.79. The molecule has 0 saturated carbocycles. The van der Waals surface area contributed by atoms with E-state index in [1.807, 2.05) is 12.1 Å². The van der Waals surface area contributed by atoms with Crippen molar-refractivity contribution in [1.29, 1.82) is 0 Å². The Bertz CT molecular complexity index is 69.0. The van der Waals surface area contributed by atoms with Gasteiger partial charge >= 0.3 is 0 Å². The molecule has 0 fully saturated rings. The second-order valence-electron chi connectivity index (χ2n) is 0.793. The SMILES string of the molecule is Cl.Cl.Cl.Cl.c1ccoc1. The van der Waals surface area contributed by atoms with Gasteiger partial charge in [-0.1, -0.05) is 0 Å². The van der Waals surface area contributed by atoms with E-state index in [0.29, 0.717) is 0 Å². The minimum atomic E-state index is 0. The van der Waals surface area contributed by atoms with Crippen molar-refractivity contribution in [3.63, 3.8) is 0 Å². The van der Waals surface area contributed by atoms with Crippen molar-refractivity contribution in [2.75, 3.05) is 0 Å². The van der Waals surface area contributed by atoms with Crippen LogP contribution < -0.4 is 0 Å². The van der Waals surface area contributed by atoms with Crippen molar-refractivity contribution in [2.24, 2.45) is 0 Å². The van der Waals surface area contributed by atoms with E-state index in [2.05, 4.69) is 4.42 Å². The summed E-state index contributed by atoms with van der Waals surface area (Å²) in [7, 11) is 0. The zero-order chi connectivity index (χ0) is 3.54. The highest BCUT2D eigenvalue weighted by atomic mass is 35.5. The van der Waals surface area contributed by atoms with Gasteiger partial charge in [0, 0.05) is 0 Å². The van der Waals surface area contributed by atoms with Crippen molar-refractivity contribution in [3.05, 3.63) is 24.7 Å². The predicted molar refractivity (Wildman–Crippen MR) is 47.7 cm³/mol. The first kappa shape index (κ1) is 22.7. The summed E-state index contributed by atoms with van der Waals surface area (Å²) >= 11 is 0. The third-order valence-electron chi connectivity index (χ3n) is 0.425. The summed E-state index contributed by atoms with van der Waals surface area (Å²) < 4.78 is 4.58. The minimum Gasteiger partial charge on any atom is -0.473 e. The molecule has 5 heteroatoms. The van der Waals surface area contributed by atoms with E-state index < -0.39 is 0 Å². The number of halogens is 4. The summed E-state index contributed by atoms with van der Waals surface area (Å²) in [5.74, 6) is 0. The van der Waals surface area contributed by atoms with Crippen molar-refractivity contribution >= 4 is 49.6 Å². The molecule has 1 aromatic rings. The Morgan fingerprint density at radius 1 is 0.667 bits per heavy atom. The van der Waals surface area contributed by atoms with Crippen LogP contribution in [0.25, 0.3) is 0 Å². The molecule has 0 amide bonds. The average Bonchev–Trinajstić information content (AvgIpc) is 1.76. The first-order chi connectivity index (χ1) is 2.50. The highest BCUT2D eigenvalue weighted by Gasteiger charge is 1.58. The van der Waals surface area contributed by atoms with Gasteiger partial charge in [-0.15, -0.1) is 49.6 Å². The lowest BCUT2D eigenvalue weighted by Gasteiger charge is -1.50. The van der Waals surface area contributed by atoms with Crippen LogP contribution in [0.2, 0.25) is 0 Å². The zero-order valence-corrected chi connectivity index (χ0v) is 7.62. The molecule has 0 N–H and O–H groups in total. The third kappa shape index (κ3) is 11.8. The summed E-state index contributed by atoms with van der Waals surface area (Å²) in [6, 6.07) is 3.67. The maximum absolute atomic E-state index is 4.58. The lowest BCUT2D eigenvalue weighted by atomic mass is 10.7. The largest absolute Gasteiger partial charge is 0.473 e. The lowest BCUT2D eigenvalue weighted by Crippen LogP contribution is -1.16. The fraction of sp³-hybridized carbons (Fsp3) is 0. The van der Waals surface area contributed by atoms with Crippen LogP contribution in [0.4, 0.5) is 0 Å². The number of hydrogen-bond acceptors (Lipinski definition) is 1. The van der Waals surface area contributed by atoms with Gasteiger partial charge in [-0.3, -0.25) is 0 Å². The van der Waals surface area contributed by atoms with Crippen molar-refractivity contribution < 1.29 is 4.42 Å². The van der Waals surface area contributed by atoms with Crippen LogP contribution in [0.1, 0.15) is 0 Å². The molecular weight excluding hydrogens is 206 g/mol. The molecule has 9 heavy (non-hydrogen) atoms. The molecule has 0 aliphatic rings. The molecule has 58 valence electrons. The molecule has 0 saturated heterocycles. The van der Waals surface area contributed by atoms with E-state index in [1.165, 1.54) is 0 Å². The third-order valence-corrected chi connectivity index (χ3v) is 0.425. The molecule has 0 aromatic carbocycles. The van der Waals surface area contributed by atoms with Gasteiger partial charge in [-0.25, -0.2) is 0 Å². The normalized spacial score (nSPS) is 4.44. The minimum absolute atomic E-state index is 0. The predicted octanol–water partition coefficient (Wildman–Crippen LogP) is 2.97. The van der Waals surface area contributed by atoms with Crippen molar-refractivity contribution in [1.82, 2.24) is 0 Å². The van der Waals surface area contributed by atoms with Gasteiger partial charge in [0.25, 0.3) is 0 Å². The van der Waals surface area contributed by atoms with Gasteiger partial charge < -0.3 is 4.42 Å². The van der Waals surface area contributed by atoms with Gasteiger partial charge in [0.2, 0.25) is 0 Å². The maximum atomic E-state index is 4.58. The van der Waals surface area contributed by atoms with Gasteiger partial charge in [0.05, 0.1) is 12.5 Å². The lowest BCUT2D eigenvalue weighted by molar-refractivity contribution is 0.567. The van der Waals surface area contributed by atoms with Crippen molar-refractivity contribution in [3.8, 4) is 0 Å². The summed E-state index contributed by atoms with van der Waals surface area (Å²) in [5, 5.41) is 0. The summed E-state index contributed by atoms with van der Waals surface area (Å²) in [4.78, 5) is 0. The Labute approximate surface area is 78.8 Å². The molecule has 0 radical (unpaired) electrons. The van der Waals surface area contributed by atoms with Crippen LogP contribution >= 0.6 is 49.6 Å². The van der Waals surface area contributed by atoms with E-state index in [4.69, 9.17) is 0 Å². The molecule has 1 aromatic heterocycles. The van der Waals surface area contributed by atoms with Gasteiger partial charge in [0.1, 0.15) is 0 Å². The zero-order valence-electron chi connectivity index (χ0n) is 4.35. The smallest absolute Gasteiger partial charge is 0.0902 e. The van der Waals surface area contributed by atoms with Crippen LogP contribution in [0.15, 0.2) is 29.1 Å². The first-order valence-corrected chi connectivity index (χ1v) is 1.47. The molecule has 0 atom stereocenters. The van der Waals surface area contributed by atoms with Gasteiger partial charge in [0.15, 0.2) is 0 Å². The number of rotatable bonds is 0. The molecule has 0 spiro atoms. The molecular formula is C4H8Cl4O. The van der Waals surface area contributed by atoms with Crippen LogP contribution in [-0.2, 0) is 0 Å². The maximum Gasteiger partial charge on any atom is 0.0902 e. The highest BCUT2D eigenvalue weighted by molar-refractivity contribution is 5.86.